The summed E-state index contributed by atoms with van der Waals surface area (Å²) in [6.45, 7) is 3.74. The summed E-state index contributed by atoms with van der Waals surface area (Å²) in [7, 11) is 2.02. The van der Waals surface area contributed by atoms with E-state index in [1.165, 1.54) is 11.5 Å². The summed E-state index contributed by atoms with van der Waals surface area (Å²) in [6.07, 6.45) is 1.90. The molecule has 0 atom stereocenters. The van der Waals surface area contributed by atoms with E-state index in [1.807, 2.05) is 7.05 Å². The van der Waals surface area contributed by atoms with Crippen LogP contribution in [-0.4, -0.2) is 29.5 Å². The van der Waals surface area contributed by atoms with Crippen LogP contribution in [0.3, 0.4) is 0 Å². The quantitative estimate of drug-likeness (QED) is 0.767. The summed E-state index contributed by atoms with van der Waals surface area (Å²) in [6, 6.07) is 0. The van der Waals surface area contributed by atoms with Crippen molar-refractivity contribution in [2.24, 2.45) is 5.73 Å². The number of nitrogens with zero attached hydrogens (tertiary/aromatic N) is 3. The van der Waals surface area contributed by atoms with Crippen LogP contribution in [0.4, 0.5) is 5.13 Å². The lowest BCUT2D eigenvalue weighted by Crippen LogP contribution is -2.20. The van der Waals surface area contributed by atoms with E-state index in [0.29, 0.717) is 0 Å². The van der Waals surface area contributed by atoms with Crippen molar-refractivity contribution in [3.05, 3.63) is 5.82 Å². The van der Waals surface area contributed by atoms with Crippen LogP contribution in [0.5, 0.6) is 0 Å². The highest BCUT2D eigenvalue weighted by Gasteiger charge is 2.06. The van der Waals surface area contributed by atoms with Crippen molar-refractivity contribution in [1.29, 1.82) is 0 Å². The van der Waals surface area contributed by atoms with Gasteiger partial charge in [0.05, 0.1) is 0 Å². The Morgan fingerprint density at radius 1 is 1.54 bits per heavy atom. The fourth-order valence-electron chi connectivity index (χ4n) is 0.967. The molecule has 0 bridgehead atoms. The molecule has 0 aliphatic carbocycles. The highest BCUT2D eigenvalue weighted by Crippen LogP contribution is 2.15. The molecular weight excluding hydrogens is 184 g/mol. The molecule has 1 heterocycles. The van der Waals surface area contributed by atoms with Gasteiger partial charge in [-0.15, -0.1) is 0 Å². The molecule has 0 radical (unpaired) electrons. The fourth-order valence-corrected chi connectivity index (χ4v) is 1.70. The van der Waals surface area contributed by atoms with Crippen LogP contribution < -0.4 is 10.6 Å². The number of anilines is 1. The van der Waals surface area contributed by atoms with Crippen LogP contribution in [0.2, 0.25) is 0 Å². The van der Waals surface area contributed by atoms with Crippen LogP contribution in [0, 0.1) is 0 Å². The predicted molar refractivity (Wildman–Crippen MR) is 56.2 cm³/mol. The van der Waals surface area contributed by atoms with Crippen LogP contribution in [-0.2, 0) is 6.42 Å². The Morgan fingerprint density at radius 3 is 2.85 bits per heavy atom. The average molecular weight is 200 g/mol. The van der Waals surface area contributed by atoms with E-state index in [-0.39, 0.29) is 0 Å². The monoisotopic (exact) mass is 200 g/mol. The zero-order valence-electron chi connectivity index (χ0n) is 8.16. The smallest absolute Gasteiger partial charge is 0.204 e. The summed E-state index contributed by atoms with van der Waals surface area (Å²) < 4.78 is 4.22. The number of rotatable bonds is 5. The van der Waals surface area contributed by atoms with Crippen molar-refractivity contribution >= 4 is 16.7 Å². The maximum atomic E-state index is 5.43. The molecule has 1 rings (SSSR count). The zero-order valence-corrected chi connectivity index (χ0v) is 8.97. The molecule has 0 unspecified atom stereocenters. The van der Waals surface area contributed by atoms with Gasteiger partial charge in [0.2, 0.25) is 5.13 Å². The molecule has 13 heavy (non-hydrogen) atoms. The molecule has 0 aliphatic heterocycles. The largest absolute Gasteiger partial charge is 0.350 e. The molecule has 0 amide bonds. The molecule has 0 aromatic carbocycles. The van der Waals surface area contributed by atoms with Crippen molar-refractivity contribution in [3.8, 4) is 0 Å². The minimum Gasteiger partial charge on any atom is -0.350 e. The van der Waals surface area contributed by atoms with Crippen LogP contribution in [0.1, 0.15) is 19.2 Å². The minimum absolute atomic E-state index is 0.726. The van der Waals surface area contributed by atoms with E-state index in [2.05, 4.69) is 21.2 Å². The lowest BCUT2D eigenvalue weighted by Gasteiger charge is -2.13. The third-order valence-electron chi connectivity index (χ3n) is 1.80. The molecule has 0 aliphatic rings. The van der Waals surface area contributed by atoms with E-state index < -0.39 is 0 Å². The Morgan fingerprint density at radius 2 is 2.31 bits per heavy atom. The van der Waals surface area contributed by atoms with Crippen molar-refractivity contribution in [2.75, 3.05) is 25.0 Å². The summed E-state index contributed by atoms with van der Waals surface area (Å²) in [5, 5.41) is 0.991. The topological polar surface area (TPSA) is 55.0 Å². The number of nitrogens with two attached hydrogens (primary N) is 1. The highest BCUT2D eigenvalue weighted by atomic mass is 32.1. The Bertz CT molecular complexity index is 248. The van der Waals surface area contributed by atoms with Gasteiger partial charge in [0.25, 0.3) is 0 Å². The second-order valence-corrected chi connectivity index (χ2v) is 3.64. The molecular formula is C8H16N4S. The van der Waals surface area contributed by atoms with Crippen LogP contribution in [0.15, 0.2) is 0 Å². The van der Waals surface area contributed by atoms with Crippen molar-refractivity contribution in [1.82, 2.24) is 9.36 Å². The van der Waals surface area contributed by atoms with Gasteiger partial charge in [0.15, 0.2) is 0 Å². The Labute approximate surface area is 82.9 Å². The van der Waals surface area contributed by atoms with E-state index in [0.717, 1.165) is 36.9 Å². The maximum Gasteiger partial charge on any atom is 0.204 e. The number of hydrogen-bond acceptors (Lipinski definition) is 5. The molecule has 1 aromatic rings. The normalized spacial score (nSPS) is 10.4. The average Bonchev–Trinajstić information content (AvgIpc) is 2.62. The Kier molecular flexibility index (Phi) is 4.11. The Balaban J connectivity index is 2.50. The van der Waals surface area contributed by atoms with Gasteiger partial charge >= 0.3 is 0 Å². The van der Waals surface area contributed by atoms with Gasteiger partial charge in [-0.3, -0.25) is 0 Å². The zero-order chi connectivity index (χ0) is 9.68. The van der Waals surface area contributed by atoms with Gasteiger partial charge in [-0.1, -0.05) is 6.92 Å². The lowest BCUT2D eigenvalue weighted by molar-refractivity contribution is 0.790. The van der Waals surface area contributed by atoms with E-state index >= 15 is 0 Å². The summed E-state index contributed by atoms with van der Waals surface area (Å²) in [5.74, 6) is 0.930. The van der Waals surface area contributed by atoms with Gasteiger partial charge in [0.1, 0.15) is 5.82 Å². The third kappa shape index (κ3) is 2.93. The first kappa shape index (κ1) is 10.4. The van der Waals surface area contributed by atoms with E-state index in [4.69, 9.17) is 5.73 Å². The van der Waals surface area contributed by atoms with Crippen molar-refractivity contribution in [2.45, 2.75) is 19.8 Å². The van der Waals surface area contributed by atoms with Gasteiger partial charge in [-0.2, -0.15) is 4.37 Å². The van der Waals surface area contributed by atoms with Gasteiger partial charge in [-0.25, -0.2) is 4.98 Å². The molecule has 5 heteroatoms. The fraction of sp³-hybridized carbons (Fsp3) is 0.750. The standard InChI is InChI=1S/C8H16N4S/c1-3-7-10-8(13-11-7)12(2)6-4-5-9/h3-6,9H2,1-2H3. The predicted octanol–water partition coefficient (Wildman–Crippen LogP) is 0.885. The minimum atomic E-state index is 0.726. The number of hydrogen-bond donors (Lipinski definition) is 1. The van der Waals surface area contributed by atoms with Crippen LogP contribution in [0.25, 0.3) is 0 Å². The summed E-state index contributed by atoms with van der Waals surface area (Å²) in [5.41, 5.74) is 5.43. The van der Waals surface area contributed by atoms with Crippen molar-refractivity contribution < 1.29 is 0 Å². The van der Waals surface area contributed by atoms with Gasteiger partial charge in [0, 0.05) is 31.5 Å². The number of aryl methyl sites for hydroxylation is 1. The lowest BCUT2D eigenvalue weighted by atomic mass is 10.4. The number of aromatic nitrogens is 2. The molecule has 0 fully saturated rings. The summed E-state index contributed by atoms with van der Waals surface area (Å²) in [4.78, 5) is 6.47. The first-order valence-electron chi connectivity index (χ1n) is 4.51. The first-order valence-corrected chi connectivity index (χ1v) is 5.29. The molecule has 0 spiro atoms. The second kappa shape index (κ2) is 5.14. The van der Waals surface area contributed by atoms with E-state index in [9.17, 15) is 0 Å². The first-order chi connectivity index (χ1) is 6.27. The molecule has 0 saturated heterocycles. The van der Waals surface area contributed by atoms with Crippen LogP contribution >= 0.6 is 11.5 Å². The third-order valence-corrected chi connectivity index (χ3v) is 2.67. The summed E-state index contributed by atoms with van der Waals surface area (Å²) >= 11 is 1.46. The molecule has 1 aromatic heterocycles. The van der Waals surface area contributed by atoms with Gasteiger partial charge in [-0.05, 0) is 13.0 Å². The highest BCUT2D eigenvalue weighted by molar-refractivity contribution is 7.09. The molecule has 2 N–H and O–H groups in total. The molecule has 74 valence electrons. The van der Waals surface area contributed by atoms with Gasteiger partial charge < -0.3 is 10.6 Å². The maximum absolute atomic E-state index is 5.43. The molecule has 0 saturated carbocycles. The second-order valence-electron chi connectivity index (χ2n) is 2.91. The Hall–Kier alpha value is -0.680. The van der Waals surface area contributed by atoms with E-state index in [1.54, 1.807) is 0 Å². The SMILES string of the molecule is CCc1nsc(N(C)CCCN)n1. The molecule has 4 nitrogen and oxygen atoms in total. The van der Waals surface area contributed by atoms with Crippen molar-refractivity contribution in [3.63, 3.8) is 0 Å².